The number of hydrogen-bond donors (Lipinski definition) is 1. The lowest BCUT2D eigenvalue weighted by molar-refractivity contribution is 0.735. The first-order valence-corrected chi connectivity index (χ1v) is 4.34. The molecule has 1 heterocycles. The van der Waals surface area contributed by atoms with Gasteiger partial charge in [0, 0.05) is 12.2 Å². The third-order valence-corrected chi connectivity index (χ3v) is 2.02. The van der Waals surface area contributed by atoms with E-state index in [1.807, 2.05) is 19.9 Å². The van der Waals surface area contributed by atoms with Crippen molar-refractivity contribution in [2.24, 2.45) is 5.73 Å². The molecule has 0 saturated heterocycles. The second kappa shape index (κ2) is 3.87. The van der Waals surface area contributed by atoms with Crippen LogP contribution in [0.1, 0.15) is 18.1 Å². The van der Waals surface area contributed by atoms with Gasteiger partial charge in [0.05, 0.1) is 0 Å². The van der Waals surface area contributed by atoms with E-state index in [0.29, 0.717) is 5.15 Å². The summed E-state index contributed by atoms with van der Waals surface area (Å²) in [5, 5.41) is 0.573. The van der Waals surface area contributed by atoms with Gasteiger partial charge in [-0.15, -0.1) is 0 Å². The Bertz CT molecular complexity index is 271. The van der Waals surface area contributed by atoms with Crippen LogP contribution in [-0.2, 0) is 6.42 Å². The van der Waals surface area contributed by atoms with Gasteiger partial charge < -0.3 is 5.73 Å². The summed E-state index contributed by atoms with van der Waals surface area (Å²) in [6, 6.07) is 2.20. The number of aryl methyl sites for hydroxylation is 1. The Hall–Kier alpha value is -0.600. The normalized spacial score (nSPS) is 13.0. The molecule has 3 heteroatoms. The lowest BCUT2D eigenvalue weighted by Crippen LogP contribution is -2.17. The fourth-order valence-electron chi connectivity index (χ4n) is 1.10. The summed E-state index contributed by atoms with van der Waals surface area (Å²) >= 11 is 5.77. The summed E-state index contributed by atoms with van der Waals surface area (Å²) in [6.45, 7) is 3.92. The second-order valence-electron chi connectivity index (χ2n) is 3.13. The van der Waals surface area contributed by atoms with E-state index in [-0.39, 0.29) is 6.04 Å². The van der Waals surface area contributed by atoms with Crippen LogP contribution in [0.4, 0.5) is 0 Å². The van der Waals surface area contributed by atoms with E-state index in [9.17, 15) is 0 Å². The lowest BCUT2D eigenvalue weighted by atomic mass is 10.1. The van der Waals surface area contributed by atoms with Crippen LogP contribution in [0.2, 0.25) is 5.15 Å². The van der Waals surface area contributed by atoms with Gasteiger partial charge in [-0.2, -0.15) is 0 Å². The van der Waals surface area contributed by atoms with Crippen LogP contribution < -0.4 is 5.73 Å². The third-order valence-electron chi connectivity index (χ3n) is 1.63. The summed E-state index contributed by atoms with van der Waals surface area (Å²) in [5.74, 6) is 0. The van der Waals surface area contributed by atoms with Crippen molar-refractivity contribution in [3.8, 4) is 0 Å². The molecule has 0 fully saturated rings. The van der Waals surface area contributed by atoms with Crippen molar-refractivity contribution < 1.29 is 0 Å². The van der Waals surface area contributed by atoms with Crippen LogP contribution in [0, 0.1) is 6.92 Å². The average Bonchev–Trinajstić information content (AvgIpc) is 1.96. The SMILES string of the molecule is Cc1cc(C[C@H](C)N)cnc1Cl. The number of hydrogen-bond acceptors (Lipinski definition) is 2. The minimum Gasteiger partial charge on any atom is -0.328 e. The molecule has 1 rings (SSSR count). The van der Waals surface area contributed by atoms with Crippen LogP contribution >= 0.6 is 11.6 Å². The molecule has 0 aromatic carbocycles. The summed E-state index contributed by atoms with van der Waals surface area (Å²) in [4.78, 5) is 4.04. The zero-order chi connectivity index (χ0) is 9.14. The van der Waals surface area contributed by atoms with Crippen molar-refractivity contribution in [2.75, 3.05) is 0 Å². The zero-order valence-corrected chi connectivity index (χ0v) is 8.10. The molecule has 1 aromatic rings. The van der Waals surface area contributed by atoms with Crippen molar-refractivity contribution in [1.82, 2.24) is 4.98 Å². The van der Waals surface area contributed by atoms with Crippen LogP contribution in [0.25, 0.3) is 0 Å². The maximum Gasteiger partial charge on any atom is 0.131 e. The summed E-state index contributed by atoms with van der Waals surface area (Å²) in [6.07, 6.45) is 2.63. The van der Waals surface area contributed by atoms with Gasteiger partial charge in [-0.25, -0.2) is 4.98 Å². The summed E-state index contributed by atoms with van der Waals surface area (Å²) in [7, 11) is 0. The van der Waals surface area contributed by atoms with Crippen molar-refractivity contribution in [3.63, 3.8) is 0 Å². The molecule has 0 aliphatic heterocycles. The molecule has 0 spiro atoms. The number of pyridine rings is 1. The number of aromatic nitrogens is 1. The van der Waals surface area contributed by atoms with E-state index in [0.717, 1.165) is 17.5 Å². The highest BCUT2D eigenvalue weighted by Gasteiger charge is 2.01. The molecule has 0 bridgehead atoms. The van der Waals surface area contributed by atoms with Crippen LogP contribution in [0.15, 0.2) is 12.3 Å². The van der Waals surface area contributed by atoms with Gasteiger partial charge >= 0.3 is 0 Å². The molecule has 0 unspecified atom stereocenters. The van der Waals surface area contributed by atoms with E-state index < -0.39 is 0 Å². The van der Waals surface area contributed by atoms with Gasteiger partial charge in [-0.1, -0.05) is 17.7 Å². The van der Waals surface area contributed by atoms with E-state index in [1.165, 1.54) is 0 Å². The van der Waals surface area contributed by atoms with Crippen molar-refractivity contribution >= 4 is 11.6 Å². The Balaban J connectivity index is 2.82. The Morgan fingerprint density at radius 3 is 2.83 bits per heavy atom. The molecular formula is C9H13ClN2. The van der Waals surface area contributed by atoms with E-state index >= 15 is 0 Å². The zero-order valence-electron chi connectivity index (χ0n) is 7.34. The van der Waals surface area contributed by atoms with Gasteiger partial charge in [0.15, 0.2) is 0 Å². The van der Waals surface area contributed by atoms with Crippen LogP contribution in [0.5, 0.6) is 0 Å². The molecule has 2 N–H and O–H groups in total. The summed E-state index contributed by atoms with van der Waals surface area (Å²) < 4.78 is 0. The fourth-order valence-corrected chi connectivity index (χ4v) is 1.20. The molecule has 0 aliphatic carbocycles. The molecule has 1 aromatic heterocycles. The van der Waals surface area contributed by atoms with E-state index in [1.54, 1.807) is 6.20 Å². The minimum absolute atomic E-state index is 0.173. The monoisotopic (exact) mass is 184 g/mol. The first-order chi connectivity index (χ1) is 5.59. The van der Waals surface area contributed by atoms with Crippen molar-refractivity contribution in [1.29, 1.82) is 0 Å². The Morgan fingerprint density at radius 2 is 2.33 bits per heavy atom. The minimum atomic E-state index is 0.173. The van der Waals surface area contributed by atoms with Crippen LogP contribution in [0.3, 0.4) is 0 Å². The number of nitrogens with two attached hydrogens (primary N) is 1. The molecule has 0 aliphatic rings. The standard InChI is InChI=1S/C9H13ClN2/c1-6-3-8(4-7(2)11)5-12-9(6)10/h3,5,7H,4,11H2,1-2H3/t7-/m0/s1. The summed E-state index contributed by atoms with van der Waals surface area (Å²) in [5.41, 5.74) is 7.81. The maximum atomic E-state index is 5.77. The Morgan fingerprint density at radius 1 is 1.67 bits per heavy atom. The number of rotatable bonds is 2. The highest BCUT2D eigenvalue weighted by molar-refractivity contribution is 6.30. The van der Waals surface area contributed by atoms with Crippen LogP contribution in [-0.4, -0.2) is 11.0 Å². The molecular weight excluding hydrogens is 172 g/mol. The third kappa shape index (κ3) is 2.47. The molecule has 0 amide bonds. The van der Waals surface area contributed by atoms with Gasteiger partial charge in [0.2, 0.25) is 0 Å². The Labute approximate surface area is 77.8 Å². The van der Waals surface area contributed by atoms with Gasteiger partial charge in [-0.05, 0) is 31.4 Å². The smallest absolute Gasteiger partial charge is 0.131 e. The number of halogens is 1. The molecule has 12 heavy (non-hydrogen) atoms. The van der Waals surface area contributed by atoms with E-state index in [2.05, 4.69) is 4.98 Å². The average molecular weight is 185 g/mol. The first kappa shape index (κ1) is 9.49. The van der Waals surface area contributed by atoms with Gasteiger partial charge in [0.25, 0.3) is 0 Å². The second-order valence-corrected chi connectivity index (χ2v) is 3.49. The molecule has 2 nitrogen and oxygen atoms in total. The molecule has 66 valence electrons. The largest absolute Gasteiger partial charge is 0.328 e. The highest BCUT2D eigenvalue weighted by Crippen LogP contribution is 2.13. The molecule has 1 atom stereocenters. The topological polar surface area (TPSA) is 38.9 Å². The van der Waals surface area contributed by atoms with Crippen molar-refractivity contribution in [2.45, 2.75) is 26.3 Å². The lowest BCUT2D eigenvalue weighted by Gasteiger charge is -2.05. The quantitative estimate of drug-likeness (QED) is 0.714. The van der Waals surface area contributed by atoms with Crippen molar-refractivity contribution in [3.05, 3.63) is 28.5 Å². The first-order valence-electron chi connectivity index (χ1n) is 3.96. The maximum absolute atomic E-state index is 5.77. The molecule has 0 radical (unpaired) electrons. The molecule has 0 saturated carbocycles. The fraction of sp³-hybridized carbons (Fsp3) is 0.444. The van der Waals surface area contributed by atoms with Gasteiger partial charge in [-0.3, -0.25) is 0 Å². The predicted molar refractivity (Wildman–Crippen MR) is 51.3 cm³/mol. The highest BCUT2D eigenvalue weighted by atomic mass is 35.5. The number of nitrogens with zero attached hydrogens (tertiary/aromatic N) is 1. The van der Waals surface area contributed by atoms with Gasteiger partial charge in [0.1, 0.15) is 5.15 Å². The predicted octanol–water partition coefficient (Wildman–Crippen LogP) is 1.93. The van der Waals surface area contributed by atoms with E-state index in [4.69, 9.17) is 17.3 Å². The Kier molecular flexibility index (Phi) is 3.06.